The summed E-state index contributed by atoms with van der Waals surface area (Å²) >= 11 is 12.6. The Morgan fingerprint density at radius 2 is 1.93 bits per heavy atom. The molecule has 0 saturated heterocycles. The van der Waals surface area contributed by atoms with Crippen LogP contribution in [0.5, 0.6) is 11.5 Å². The topological polar surface area (TPSA) is 73.4 Å². The molecule has 0 radical (unpaired) electrons. The number of hydrogen-bond donors (Lipinski definition) is 1. The number of halogens is 2. The van der Waals surface area contributed by atoms with Crippen molar-refractivity contribution in [2.24, 2.45) is 0 Å². The first-order valence-electron chi connectivity index (χ1n) is 9.40. The maximum atomic E-state index is 12.4. The highest BCUT2D eigenvalue weighted by Crippen LogP contribution is 2.53. The van der Waals surface area contributed by atoms with E-state index in [0.29, 0.717) is 38.4 Å². The zero-order valence-corrected chi connectivity index (χ0v) is 18.4. The summed E-state index contributed by atoms with van der Waals surface area (Å²) in [5.41, 5.74) is 2.82. The molecule has 0 saturated carbocycles. The minimum absolute atomic E-state index is 0.265. The molecule has 6 nitrogen and oxygen atoms in total. The lowest BCUT2D eigenvalue weighted by molar-refractivity contribution is 0.0500. The Labute approximate surface area is 184 Å². The molecule has 0 aliphatic carbocycles. The second-order valence-electron chi connectivity index (χ2n) is 7.30. The second kappa shape index (κ2) is 7.52. The van der Waals surface area contributed by atoms with Crippen LogP contribution in [0.3, 0.4) is 0 Å². The average Bonchev–Trinajstić information content (AvgIpc) is 3.14. The summed E-state index contributed by atoms with van der Waals surface area (Å²) < 4.78 is 17.2. The van der Waals surface area contributed by atoms with E-state index < -0.39 is 11.6 Å². The molecule has 4 rings (SSSR count). The van der Waals surface area contributed by atoms with E-state index in [1.807, 2.05) is 32.0 Å². The van der Waals surface area contributed by atoms with Gasteiger partial charge in [0, 0.05) is 16.1 Å². The van der Waals surface area contributed by atoms with Crippen molar-refractivity contribution < 1.29 is 19.0 Å². The number of esters is 1. The monoisotopic (exact) mass is 446 g/mol. The van der Waals surface area contributed by atoms with Crippen molar-refractivity contribution in [3.8, 4) is 33.9 Å². The van der Waals surface area contributed by atoms with E-state index in [1.54, 1.807) is 26.2 Å². The predicted molar refractivity (Wildman–Crippen MR) is 116 cm³/mol. The number of hydrogen-bond acceptors (Lipinski definition) is 5. The number of nitrogens with one attached hydrogen (secondary N) is 1. The van der Waals surface area contributed by atoms with E-state index in [9.17, 15) is 4.79 Å². The van der Waals surface area contributed by atoms with Crippen LogP contribution in [0.15, 0.2) is 30.3 Å². The van der Waals surface area contributed by atoms with Crippen molar-refractivity contribution in [1.82, 2.24) is 10.2 Å². The largest absolute Gasteiger partial charge is 0.496 e. The maximum absolute atomic E-state index is 12.4. The number of aromatic nitrogens is 2. The highest BCUT2D eigenvalue weighted by atomic mass is 35.5. The molecule has 30 heavy (non-hydrogen) atoms. The quantitative estimate of drug-likeness (QED) is 0.507. The number of carbonyl (C=O) groups excluding carboxylic acids is 1. The van der Waals surface area contributed by atoms with Gasteiger partial charge in [-0.1, -0.05) is 29.3 Å². The van der Waals surface area contributed by atoms with Crippen molar-refractivity contribution in [2.75, 3.05) is 13.7 Å². The van der Waals surface area contributed by atoms with E-state index >= 15 is 0 Å². The Kier molecular flexibility index (Phi) is 5.16. The van der Waals surface area contributed by atoms with Gasteiger partial charge in [0.25, 0.3) is 0 Å². The summed E-state index contributed by atoms with van der Waals surface area (Å²) in [6.45, 7) is 5.77. The highest BCUT2D eigenvalue weighted by Gasteiger charge is 2.41. The molecule has 0 unspecified atom stereocenters. The Morgan fingerprint density at radius 3 is 2.60 bits per heavy atom. The normalized spacial score (nSPS) is 13.8. The zero-order chi connectivity index (χ0) is 21.6. The number of fused-ring (bicyclic) bond motifs is 3. The van der Waals surface area contributed by atoms with Gasteiger partial charge < -0.3 is 14.2 Å². The summed E-state index contributed by atoms with van der Waals surface area (Å²) in [5.74, 6) is 0.692. The van der Waals surface area contributed by atoms with Crippen LogP contribution in [0.25, 0.3) is 22.4 Å². The fourth-order valence-corrected chi connectivity index (χ4v) is 4.26. The van der Waals surface area contributed by atoms with Gasteiger partial charge in [-0.05, 0) is 45.0 Å². The SMILES string of the molecule is CCOC(=O)c1[nH]nc2c1C(C)(C)Oc1c-2ccc(OC)c1-c1ccc(Cl)cc1Cl. The number of carbonyl (C=O) groups is 1. The lowest BCUT2D eigenvalue weighted by Gasteiger charge is -2.34. The van der Waals surface area contributed by atoms with Crippen molar-refractivity contribution in [3.05, 3.63) is 51.6 Å². The summed E-state index contributed by atoms with van der Waals surface area (Å²) in [7, 11) is 1.59. The molecular formula is C22H20Cl2N2O4. The first-order chi connectivity index (χ1) is 14.3. The first-order valence-corrected chi connectivity index (χ1v) is 10.2. The molecule has 156 valence electrons. The molecule has 0 fully saturated rings. The second-order valence-corrected chi connectivity index (χ2v) is 8.14. The number of nitrogens with zero attached hydrogens (tertiary/aromatic N) is 1. The van der Waals surface area contributed by atoms with Gasteiger partial charge in [0.05, 0.1) is 29.9 Å². The predicted octanol–water partition coefficient (Wildman–Crippen LogP) is 5.86. The molecule has 0 atom stereocenters. The Balaban J connectivity index is 1.99. The smallest absolute Gasteiger partial charge is 0.356 e. The van der Waals surface area contributed by atoms with Gasteiger partial charge in [0.2, 0.25) is 0 Å². The van der Waals surface area contributed by atoms with Crippen LogP contribution in [0, 0.1) is 0 Å². The van der Waals surface area contributed by atoms with Crippen LogP contribution in [-0.4, -0.2) is 29.9 Å². The molecule has 0 bridgehead atoms. The molecule has 0 amide bonds. The molecule has 0 spiro atoms. The van der Waals surface area contributed by atoms with Gasteiger partial charge in [0.1, 0.15) is 22.8 Å². The first kappa shape index (κ1) is 20.6. The van der Waals surface area contributed by atoms with Crippen molar-refractivity contribution in [2.45, 2.75) is 26.4 Å². The van der Waals surface area contributed by atoms with Gasteiger partial charge in [-0.3, -0.25) is 5.10 Å². The lowest BCUT2D eigenvalue weighted by atomic mass is 9.87. The zero-order valence-electron chi connectivity index (χ0n) is 16.9. The number of ether oxygens (including phenoxy) is 3. The molecule has 1 N–H and O–H groups in total. The third-order valence-electron chi connectivity index (χ3n) is 5.00. The van der Waals surface area contributed by atoms with Crippen LogP contribution in [0.4, 0.5) is 0 Å². The molecule has 1 aliphatic rings. The molecule has 3 aromatic rings. The molecule has 2 heterocycles. The fraction of sp³-hybridized carbons (Fsp3) is 0.273. The molecule has 1 aromatic heterocycles. The molecule has 2 aromatic carbocycles. The van der Waals surface area contributed by atoms with Crippen molar-refractivity contribution in [3.63, 3.8) is 0 Å². The summed E-state index contributed by atoms with van der Waals surface area (Å²) in [6.07, 6.45) is 0. The van der Waals surface area contributed by atoms with Crippen LogP contribution < -0.4 is 9.47 Å². The van der Waals surface area contributed by atoms with Gasteiger partial charge in [0.15, 0.2) is 5.69 Å². The van der Waals surface area contributed by atoms with E-state index in [1.165, 1.54) is 0 Å². The number of methoxy groups -OCH3 is 1. The molecule has 8 heteroatoms. The Bertz CT molecular complexity index is 1150. The van der Waals surface area contributed by atoms with E-state index in [-0.39, 0.29) is 12.3 Å². The minimum atomic E-state index is -0.864. The van der Waals surface area contributed by atoms with E-state index in [2.05, 4.69) is 10.2 Å². The van der Waals surface area contributed by atoms with E-state index in [4.69, 9.17) is 37.4 Å². The Hall–Kier alpha value is -2.70. The lowest BCUT2D eigenvalue weighted by Crippen LogP contribution is -2.31. The van der Waals surface area contributed by atoms with Crippen molar-refractivity contribution >= 4 is 29.2 Å². The number of H-pyrrole nitrogens is 1. The van der Waals surface area contributed by atoms with Crippen LogP contribution in [0.2, 0.25) is 10.0 Å². The summed E-state index contributed by atoms with van der Waals surface area (Å²) in [6, 6.07) is 8.93. The number of rotatable bonds is 4. The Morgan fingerprint density at radius 1 is 1.20 bits per heavy atom. The average molecular weight is 447 g/mol. The van der Waals surface area contributed by atoms with E-state index in [0.717, 1.165) is 11.1 Å². The van der Waals surface area contributed by atoms with Crippen LogP contribution in [-0.2, 0) is 10.3 Å². The van der Waals surface area contributed by atoms with Crippen LogP contribution >= 0.6 is 23.2 Å². The highest BCUT2D eigenvalue weighted by molar-refractivity contribution is 6.36. The summed E-state index contributed by atoms with van der Waals surface area (Å²) in [5, 5.41) is 8.25. The summed E-state index contributed by atoms with van der Waals surface area (Å²) in [4.78, 5) is 12.4. The van der Waals surface area contributed by atoms with Gasteiger partial charge in [-0.2, -0.15) is 5.10 Å². The number of aromatic amines is 1. The maximum Gasteiger partial charge on any atom is 0.356 e. The molecule has 1 aliphatic heterocycles. The third-order valence-corrected chi connectivity index (χ3v) is 5.55. The van der Waals surface area contributed by atoms with Gasteiger partial charge in [-0.15, -0.1) is 0 Å². The van der Waals surface area contributed by atoms with Gasteiger partial charge >= 0.3 is 5.97 Å². The van der Waals surface area contributed by atoms with Crippen molar-refractivity contribution in [1.29, 1.82) is 0 Å². The minimum Gasteiger partial charge on any atom is -0.496 e. The number of benzene rings is 2. The van der Waals surface area contributed by atoms with Gasteiger partial charge in [-0.25, -0.2) is 4.79 Å². The molecular weight excluding hydrogens is 427 g/mol. The third kappa shape index (κ3) is 3.20. The standard InChI is InChI=1S/C22H20Cl2N2O4/c1-5-29-21(27)19-17-18(25-26-19)13-8-9-15(28-4)16(20(13)30-22(17,2)3)12-7-6-11(23)10-14(12)24/h6-10H,5H2,1-4H3,(H,25,26). The van der Waals surface area contributed by atoms with Crippen LogP contribution in [0.1, 0.15) is 36.8 Å². The fourth-order valence-electron chi connectivity index (χ4n) is 3.75.